The zero-order chi connectivity index (χ0) is 9.90. The molecule has 74 valence electrons. The van der Waals surface area contributed by atoms with E-state index in [1.54, 1.807) is 6.08 Å². The molecule has 1 fully saturated rings. The van der Waals surface area contributed by atoms with Crippen LogP contribution in [0.2, 0.25) is 0 Å². The van der Waals surface area contributed by atoms with Crippen LogP contribution in [-0.2, 0) is 9.53 Å². The first-order valence-electron chi connectivity index (χ1n) is 4.59. The second-order valence-corrected chi connectivity index (χ2v) is 3.76. The largest absolute Gasteiger partial charge is 0.468 e. The van der Waals surface area contributed by atoms with Gasteiger partial charge in [0.05, 0.1) is 7.11 Å². The molecular formula is C10H17NO2. The van der Waals surface area contributed by atoms with Crippen LogP contribution in [0.5, 0.6) is 0 Å². The van der Waals surface area contributed by atoms with E-state index in [2.05, 4.69) is 18.8 Å². The fourth-order valence-corrected chi connectivity index (χ4v) is 1.98. The van der Waals surface area contributed by atoms with Crippen molar-refractivity contribution in [2.24, 2.45) is 5.92 Å². The van der Waals surface area contributed by atoms with Gasteiger partial charge in [-0.2, -0.15) is 0 Å². The van der Waals surface area contributed by atoms with Gasteiger partial charge < -0.3 is 4.74 Å². The number of rotatable bonds is 4. The third kappa shape index (κ3) is 1.91. The van der Waals surface area contributed by atoms with Gasteiger partial charge in [0.15, 0.2) is 0 Å². The predicted octanol–water partition coefficient (Wildman–Crippen LogP) is 1.10. The molecule has 0 saturated heterocycles. The Hall–Kier alpha value is -0.830. The molecule has 3 heteroatoms. The van der Waals surface area contributed by atoms with Crippen molar-refractivity contribution in [3.63, 3.8) is 0 Å². The molecule has 0 amide bonds. The van der Waals surface area contributed by atoms with Gasteiger partial charge in [-0.1, -0.05) is 13.0 Å². The first kappa shape index (κ1) is 10.3. The summed E-state index contributed by atoms with van der Waals surface area (Å²) < 4.78 is 4.77. The molecule has 3 nitrogen and oxygen atoms in total. The number of nitrogens with one attached hydrogen (secondary N) is 1. The van der Waals surface area contributed by atoms with Gasteiger partial charge in [-0.15, -0.1) is 6.58 Å². The van der Waals surface area contributed by atoms with Crippen molar-refractivity contribution >= 4 is 5.97 Å². The van der Waals surface area contributed by atoms with Gasteiger partial charge in [-0.25, -0.2) is 0 Å². The highest BCUT2D eigenvalue weighted by atomic mass is 16.5. The molecule has 0 bridgehead atoms. The standard InChI is InChI=1S/C10H17NO2/c1-4-5-11-10(9(12)13-3)6-8(2)7-10/h4,8,11H,1,5-7H2,2-3H3. The maximum atomic E-state index is 11.4. The maximum absolute atomic E-state index is 11.4. The van der Waals surface area contributed by atoms with Crippen molar-refractivity contribution < 1.29 is 9.53 Å². The van der Waals surface area contributed by atoms with Gasteiger partial charge in [0.2, 0.25) is 0 Å². The van der Waals surface area contributed by atoms with E-state index in [9.17, 15) is 4.79 Å². The van der Waals surface area contributed by atoms with E-state index in [4.69, 9.17) is 4.74 Å². The highest BCUT2D eigenvalue weighted by Gasteiger charge is 2.48. The molecule has 0 unspecified atom stereocenters. The number of carbonyl (C=O) groups is 1. The van der Waals surface area contributed by atoms with Crippen LogP contribution >= 0.6 is 0 Å². The lowest BCUT2D eigenvalue weighted by molar-refractivity contribution is -0.154. The summed E-state index contributed by atoms with van der Waals surface area (Å²) in [7, 11) is 1.43. The van der Waals surface area contributed by atoms with Crippen LogP contribution in [0.1, 0.15) is 19.8 Å². The smallest absolute Gasteiger partial charge is 0.326 e. The Labute approximate surface area is 79.2 Å². The molecule has 1 aliphatic rings. The fraction of sp³-hybridized carbons (Fsp3) is 0.700. The Kier molecular flexibility index (Phi) is 3.09. The zero-order valence-corrected chi connectivity index (χ0v) is 8.30. The first-order chi connectivity index (χ1) is 6.14. The Morgan fingerprint density at radius 3 is 2.77 bits per heavy atom. The molecule has 0 radical (unpaired) electrons. The van der Waals surface area contributed by atoms with Crippen LogP contribution in [0, 0.1) is 5.92 Å². The van der Waals surface area contributed by atoms with E-state index < -0.39 is 5.54 Å². The quantitative estimate of drug-likeness (QED) is 0.524. The van der Waals surface area contributed by atoms with Crippen LogP contribution in [0.25, 0.3) is 0 Å². The summed E-state index contributed by atoms with van der Waals surface area (Å²) in [6.45, 7) is 6.40. The lowest BCUT2D eigenvalue weighted by Gasteiger charge is -2.44. The normalized spacial score (nSPS) is 32.0. The number of methoxy groups -OCH3 is 1. The maximum Gasteiger partial charge on any atom is 0.326 e. The summed E-state index contributed by atoms with van der Waals surface area (Å²) in [4.78, 5) is 11.4. The van der Waals surface area contributed by atoms with Crippen LogP contribution in [0.4, 0.5) is 0 Å². The van der Waals surface area contributed by atoms with Gasteiger partial charge in [-0.3, -0.25) is 10.1 Å². The average molecular weight is 183 g/mol. The van der Waals surface area contributed by atoms with Crippen LogP contribution < -0.4 is 5.32 Å². The molecule has 1 saturated carbocycles. The second-order valence-electron chi connectivity index (χ2n) is 3.76. The Morgan fingerprint density at radius 2 is 2.38 bits per heavy atom. The predicted molar refractivity (Wildman–Crippen MR) is 51.3 cm³/mol. The summed E-state index contributed by atoms with van der Waals surface area (Å²) in [6, 6.07) is 0. The molecule has 0 heterocycles. The number of carbonyl (C=O) groups excluding carboxylic acids is 1. The highest BCUT2D eigenvalue weighted by Crippen LogP contribution is 2.38. The molecule has 13 heavy (non-hydrogen) atoms. The molecule has 1 aliphatic carbocycles. The monoisotopic (exact) mass is 183 g/mol. The van der Waals surface area contributed by atoms with Gasteiger partial charge >= 0.3 is 5.97 Å². The van der Waals surface area contributed by atoms with Gasteiger partial charge in [0.1, 0.15) is 5.54 Å². The summed E-state index contributed by atoms with van der Waals surface area (Å²) in [5, 5.41) is 3.17. The average Bonchev–Trinajstić information content (AvgIpc) is 2.09. The molecule has 0 aliphatic heterocycles. The molecule has 0 aromatic carbocycles. The van der Waals surface area contributed by atoms with E-state index >= 15 is 0 Å². The summed E-state index contributed by atoms with van der Waals surface area (Å²) in [5.74, 6) is 0.462. The molecular weight excluding hydrogens is 166 g/mol. The van der Waals surface area contributed by atoms with E-state index in [1.165, 1.54) is 7.11 Å². The minimum Gasteiger partial charge on any atom is -0.468 e. The molecule has 0 spiro atoms. The van der Waals surface area contributed by atoms with Crippen molar-refractivity contribution in [1.82, 2.24) is 5.32 Å². The Balaban J connectivity index is 2.55. The lowest BCUT2D eigenvalue weighted by Crippen LogP contribution is -2.60. The Morgan fingerprint density at radius 1 is 1.77 bits per heavy atom. The van der Waals surface area contributed by atoms with Crippen LogP contribution in [0.3, 0.4) is 0 Å². The molecule has 1 rings (SSSR count). The van der Waals surface area contributed by atoms with Crippen molar-refractivity contribution in [2.75, 3.05) is 13.7 Å². The van der Waals surface area contributed by atoms with E-state index in [0.717, 1.165) is 12.8 Å². The van der Waals surface area contributed by atoms with Crippen LogP contribution in [0.15, 0.2) is 12.7 Å². The summed E-state index contributed by atoms with van der Waals surface area (Å²) in [5.41, 5.74) is -0.428. The molecule has 0 atom stereocenters. The fourth-order valence-electron chi connectivity index (χ4n) is 1.98. The van der Waals surface area contributed by atoms with Crippen molar-refractivity contribution in [3.05, 3.63) is 12.7 Å². The molecule has 0 aromatic rings. The van der Waals surface area contributed by atoms with Crippen LogP contribution in [-0.4, -0.2) is 25.2 Å². The number of hydrogen-bond acceptors (Lipinski definition) is 3. The minimum atomic E-state index is -0.428. The zero-order valence-electron chi connectivity index (χ0n) is 8.30. The first-order valence-corrected chi connectivity index (χ1v) is 4.59. The summed E-state index contributed by atoms with van der Waals surface area (Å²) >= 11 is 0. The Bertz CT molecular complexity index is 207. The van der Waals surface area contributed by atoms with Crippen molar-refractivity contribution in [2.45, 2.75) is 25.3 Å². The van der Waals surface area contributed by atoms with Crippen molar-refractivity contribution in [1.29, 1.82) is 0 Å². The third-order valence-corrected chi connectivity index (χ3v) is 2.55. The number of esters is 1. The topological polar surface area (TPSA) is 38.3 Å². The number of hydrogen-bond donors (Lipinski definition) is 1. The van der Waals surface area contributed by atoms with Gasteiger partial charge in [0.25, 0.3) is 0 Å². The SMILES string of the molecule is C=CCNC1(C(=O)OC)CC(C)C1. The second kappa shape index (κ2) is 3.92. The van der Waals surface area contributed by atoms with E-state index in [-0.39, 0.29) is 5.97 Å². The molecule has 0 aromatic heterocycles. The number of ether oxygens (including phenoxy) is 1. The van der Waals surface area contributed by atoms with Gasteiger partial charge in [0, 0.05) is 6.54 Å². The summed E-state index contributed by atoms with van der Waals surface area (Å²) in [6.07, 6.45) is 3.49. The minimum absolute atomic E-state index is 0.146. The van der Waals surface area contributed by atoms with Gasteiger partial charge in [-0.05, 0) is 18.8 Å². The molecule has 1 N–H and O–H groups in total. The third-order valence-electron chi connectivity index (χ3n) is 2.55. The highest BCUT2D eigenvalue weighted by molar-refractivity contribution is 5.82. The lowest BCUT2D eigenvalue weighted by atomic mass is 9.69. The van der Waals surface area contributed by atoms with E-state index in [0.29, 0.717) is 12.5 Å². The van der Waals surface area contributed by atoms with Crippen molar-refractivity contribution in [3.8, 4) is 0 Å². The van der Waals surface area contributed by atoms with E-state index in [1.807, 2.05) is 0 Å².